The van der Waals surface area contributed by atoms with Gasteiger partial charge in [-0.25, -0.2) is 4.79 Å². The molecule has 2 rings (SSSR count). The Hall–Kier alpha value is -2.32. The van der Waals surface area contributed by atoms with Gasteiger partial charge in [0.15, 0.2) is 0 Å². The lowest BCUT2D eigenvalue weighted by Crippen LogP contribution is -2.26. The van der Waals surface area contributed by atoms with E-state index >= 15 is 0 Å². The Balaban J connectivity index is 1.78. The van der Waals surface area contributed by atoms with E-state index in [0.29, 0.717) is 30.1 Å². The molecule has 0 saturated heterocycles. The molecule has 0 bridgehead atoms. The number of unbranched alkanes of at least 4 members (excludes halogenated alkanes) is 7. The lowest BCUT2D eigenvalue weighted by Gasteiger charge is -2.13. The Labute approximate surface area is 225 Å². The second-order valence-corrected chi connectivity index (χ2v) is 10.4. The van der Waals surface area contributed by atoms with E-state index in [1.54, 1.807) is 23.9 Å². The van der Waals surface area contributed by atoms with Gasteiger partial charge in [0.2, 0.25) is 0 Å². The molecule has 0 radical (unpaired) electrons. The van der Waals surface area contributed by atoms with Gasteiger partial charge in [0.1, 0.15) is 5.75 Å². The minimum absolute atomic E-state index is 0.150. The van der Waals surface area contributed by atoms with Crippen molar-refractivity contribution < 1.29 is 14.3 Å². The summed E-state index contributed by atoms with van der Waals surface area (Å²) >= 11 is 3.19. The number of urea groups is 1. The molecule has 2 aromatic rings. The number of anilines is 2. The molecular weight excluding hydrogens is 490 g/mol. The first kappa shape index (κ1) is 29.9. The molecule has 6 nitrogen and oxygen atoms in total. The lowest BCUT2D eigenvalue weighted by atomic mass is 10.1. The molecule has 0 unspecified atom stereocenters. The van der Waals surface area contributed by atoms with Gasteiger partial charge in [-0.1, -0.05) is 51.9 Å². The summed E-state index contributed by atoms with van der Waals surface area (Å²) in [5, 5.41) is 8.61. The Morgan fingerprint density at radius 1 is 0.861 bits per heavy atom. The number of nitrogens with one attached hydrogen (secondary N) is 3. The molecule has 0 spiro atoms. The topological polar surface area (TPSA) is 79.5 Å². The monoisotopic (exact) mass is 531 g/mol. The van der Waals surface area contributed by atoms with Crippen LogP contribution in [-0.4, -0.2) is 43.4 Å². The van der Waals surface area contributed by atoms with Crippen LogP contribution in [0.1, 0.15) is 68.6 Å². The minimum atomic E-state index is -0.363. The Bertz CT molecular complexity index is 923. The number of ether oxygens (including phenoxy) is 1. The Kier molecular flexibility index (Phi) is 15.0. The zero-order chi connectivity index (χ0) is 26.0. The standard InChI is InChI=1S/C28H41N3O3S2/c1-4-5-6-7-8-9-10-11-19-34-24-15-13-23(14-16-24)30-28(33)31-25-21-22(12-17-26(25)36-3)27(32)29-18-20-35-2/h12-17,21H,4-11,18-20H2,1-3H3,(H,29,32)(H2,30,31,33). The molecule has 3 N–H and O–H groups in total. The van der Waals surface area contributed by atoms with Gasteiger partial charge in [-0.3, -0.25) is 4.79 Å². The van der Waals surface area contributed by atoms with Crippen LogP contribution in [0.4, 0.5) is 16.2 Å². The van der Waals surface area contributed by atoms with Crippen LogP contribution in [0.5, 0.6) is 5.75 Å². The molecular formula is C28H41N3O3S2. The van der Waals surface area contributed by atoms with E-state index in [0.717, 1.165) is 22.8 Å². The number of carbonyl (C=O) groups is 2. The second kappa shape index (κ2) is 18.0. The van der Waals surface area contributed by atoms with Gasteiger partial charge in [-0.2, -0.15) is 11.8 Å². The third kappa shape index (κ3) is 11.6. The molecule has 0 atom stereocenters. The van der Waals surface area contributed by atoms with E-state index in [1.807, 2.05) is 42.8 Å². The van der Waals surface area contributed by atoms with E-state index in [4.69, 9.17) is 4.74 Å². The number of benzene rings is 2. The zero-order valence-corrected chi connectivity index (χ0v) is 23.5. The number of hydrogen-bond acceptors (Lipinski definition) is 5. The maximum atomic E-state index is 12.6. The first-order chi connectivity index (χ1) is 17.6. The third-order valence-corrected chi connectivity index (χ3v) is 7.09. The van der Waals surface area contributed by atoms with Crippen LogP contribution < -0.4 is 20.7 Å². The van der Waals surface area contributed by atoms with Crippen molar-refractivity contribution in [3.63, 3.8) is 0 Å². The molecule has 0 aromatic heterocycles. The van der Waals surface area contributed by atoms with Crippen LogP contribution in [-0.2, 0) is 0 Å². The van der Waals surface area contributed by atoms with Gasteiger partial charge in [-0.05, 0) is 61.4 Å². The average molecular weight is 532 g/mol. The van der Waals surface area contributed by atoms with Gasteiger partial charge in [-0.15, -0.1) is 11.8 Å². The van der Waals surface area contributed by atoms with Crippen molar-refractivity contribution >= 4 is 46.8 Å². The molecule has 0 fully saturated rings. The highest BCUT2D eigenvalue weighted by Crippen LogP contribution is 2.27. The van der Waals surface area contributed by atoms with Crippen molar-refractivity contribution in [1.29, 1.82) is 0 Å². The van der Waals surface area contributed by atoms with Crippen molar-refractivity contribution in [3.05, 3.63) is 48.0 Å². The molecule has 0 heterocycles. The first-order valence-corrected chi connectivity index (χ1v) is 15.4. The molecule has 36 heavy (non-hydrogen) atoms. The molecule has 2 aromatic carbocycles. The predicted octanol–water partition coefficient (Wildman–Crippen LogP) is 7.66. The van der Waals surface area contributed by atoms with Gasteiger partial charge >= 0.3 is 6.03 Å². The lowest BCUT2D eigenvalue weighted by molar-refractivity contribution is 0.0956. The van der Waals surface area contributed by atoms with Gasteiger partial charge < -0.3 is 20.7 Å². The zero-order valence-electron chi connectivity index (χ0n) is 21.9. The van der Waals surface area contributed by atoms with E-state index in [9.17, 15) is 9.59 Å². The van der Waals surface area contributed by atoms with Gasteiger partial charge in [0.25, 0.3) is 5.91 Å². The molecule has 0 aliphatic rings. The molecule has 3 amide bonds. The van der Waals surface area contributed by atoms with Crippen molar-refractivity contribution in [2.45, 2.75) is 63.2 Å². The highest BCUT2D eigenvalue weighted by molar-refractivity contribution is 7.98. The summed E-state index contributed by atoms with van der Waals surface area (Å²) in [4.78, 5) is 25.9. The van der Waals surface area contributed by atoms with Crippen LogP contribution in [0.15, 0.2) is 47.4 Å². The summed E-state index contributed by atoms with van der Waals surface area (Å²) in [6, 6.07) is 12.4. The van der Waals surface area contributed by atoms with Crippen LogP contribution in [0, 0.1) is 0 Å². The molecule has 8 heteroatoms. The highest BCUT2D eigenvalue weighted by Gasteiger charge is 2.12. The minimum Gasteiger partial charge on any atom is -0.494 e. The maximum absolute atomic E-state index is 12.6. The fourth-order valence-electron chi connectivity index (χ4n) is 3.66. The summed E-state index contributed by atoms with van der Waals surface area (Å²) in [6.45, 7) is 3.56. The maximum Gasteiger partial charge on any atom is 0.323 e. The SMILES string of the molecule is CCCCCCCCCCOc1ccc(NC(=O)Nc2cc(C(=O)NCCSC)ccc2SC)cc1. The van der Waals surface area contributed by atoms with Gasteiger partial charge in [0.05, 0.1) is 12.3 Å². The fraction of sp³-hybridized carbons (Fsp3) is 0.500. The van der Waals surface area contributed by atoms with Crippen molar-refractivity contribution in [2.75, 3.05) is 42.0 Å². The summed E-state index contributed by atoms with van der Waals surface area (Å²) in [6.07, 6.45) is 14.1. The summed E-state index contributed by atoms with van der Waals surface area (Å²) < 4.78 is 5.84. The molecule has 198 valence electrons. The number of thioether (sulfide) groups is 2. The fourth-order valence-corrected chi connectivity index (χ4v) is 4.50. The number of carbonyl (C=O) groups excluding carboxylic acids is 2. The number of hydrogen-bond donors (Lipinski definition) is 3. The van der Waals surface area contributed by atoms with E-state index in [2.05, 4.69) is 22.9 Å². The van der Waals surface area contributed by atoms with Crippen LogP contribution >= 0.6 is 23.5 Å². The third-order valence-electron chi connectivity index (χ3n) is 5.68. The van der Waals surface area contributed by atoms with Crippen molar-refractivity contribution in [1.82, 2.24) is 5.32 Å². The van der Waals surface area contributed by atoms with Crippen LogP contribution in [0.3, 0.4) is 0 Å². The summed E-state index contributed by atoms with van der Waals surface area (Å²) in [5.74, 6) is 1.50. The van der Waals surface area contributed by atoms with Crippen LogP contribution in [0.2, 0.25) is 0 Å². The van der Waals surface area contributed by atoms with E-state index in [1.165, 1.54) is 56.7 Å². The Morgan fingerprint density at radius 3 is 2.22 bits per heavy atom. The quantitative estimate of drug-likeness (QED) is 0.144. The van der Waals surface area contributed by atoms with Gasteiger partial charge in [0, 0.05) is 28.4 Å². The van der Waals surface area contributed by atoms with E-state index in [-0.39, 0.29) is 11.9 Å². The smallest absolute Gasteiger partial charge is 0.323 e. The highest BCUT2D eigenvalue weighted by atomic mass is 32.2. The summed E-state index contributed by atoms with van der Waals surface area (Å²) in [7, 11) is 0. The Morgan fingerprint density at radius 2 is 1.56 bits per heavy atom. The average Bonchev–Trinajstić information content (AvgIpc) is 2.88. The first-order valence-electron chi connectivity index (χ1n) is 12.8. The second-order valence-electron chi connectivity index (χ2n) is 8.59. The largest absolute Gasteiger partial charge is 0.494 e. The summed E-state index contributed by atoms with van der Waals surface area (Å²) in [5.41, 5.74) is 1.79. The molecule has 0 saturated carbocycles. The molecule has 0 aliphatic heterocycles. The van der Waals surface area contributed by atoms with Crippen molar-refractivity contribution in [2.24, 2.45) is 0 Å². The van der Waals surface area contributed by atoms with Crippen LogP contribution in [0.25, 0.3) is 0 Å². The van der Waals surface area contributed by atoms with E-state index < -0.39 is 0 Å². The number of rotatable bonds is 17. The number of amides is 3. The normalized spacial score (nSPS) is 10.6. The molecule has 0 aliphatic carbocycles. The predicted molar refractivity (Wildman–Crippen MR) is 156 cm³/mol. The van der Waals surface area contributed by atoms with Crippen molar-refractivity contribution in [3.8, 4) is 5.75 Å².